The van der Waals surface area contributed by atoms with Crippen LogP contribution >= 0.6 is 0 Å². The number of nitrogen functional groups attached to an aromatic ring is 3. The van der Waals surface area contributed by atoms with Crippen LogP contribution in [0.5, 0.6) is 11.5 Å². The van der Waals surface area contributed by atoms with Crippen LogP contribution in [0.1, 0.15) is 69.8 Å². The van der Waals surface area contributed by atoms with Gasteiger partial charge in [-0.25, -0.2) is 48.7 Å². The van der Waals surface area contributed by atoms with E-state index >= 15 is 0 Å². The number of nitrogens with one attached hydrogen (secondary N) is 6. The van der Waals surface area contributed by atoms with Crippen molar-refractivity contribution in [2.75, 3.05) is 36.1 Å². The number of para-hydroxylation sites is 3. The van der Waals surface area contributed by atoms with E-state index in [-0.39, 0.29) is 90.6 Å². The second kappa shape index (κ2) is 31.8. The first-order chi connectivity index (χ1) is 47.7. The summed E-state index contributed by atoms with van der Waals surface area (Å²) in [5.74, 6) is 0.764. The van der Waals surface area contributed by atoms with Crippen LogP contribution in [-0.4, -0.2) is 86.0 Å². The highest BCUT2D eigenvalue weighted by Crippen LogP contribution is 2.35. The highest BCUT2D eigenvalue weighted by atomic mass is 32.2. The third kappa shape index (κ3) is 17.4. The van der Waals surface area contributed by atoms with Gasteiger partial charge >= 0.3 is 16.7 Å². The smallest absolute Gasteiger partial charge is 0.301 e. The van der Waals surface area contributed by atoms with Crippen LogP contribution in [0.4, 0.5) is 57.3 Å². The quantitative estimate of drug-likeness (QED) is 0.0299. The summed E-state index contributed by atoms with van der Waals surface area (Å²) in [6.07, 6.45) is 9.47. The second-order valence-corrected chi connectivity index (χ2v) is 27.7. The molecule has 516 valence electrons. The fourth-order valence-electron chi connectivity index (χ4n) is 10.8. The van der Waals surface area contributed by atoms with E-state index in [9.17, 15) is 44.7 Å². The Morgan fingerprint density at radius 2 is 0.798 bits per heavy atom. The van der Waals surface area contributed by atoms with Crippen molar-refractivity contribution in [3.8, 4) is 28.6 Å². The van der Waals surface area contributed by atoms with Gasteiger partial charge in [0, 0.05) is 29.9 Å². The highest BCUT2D eigenvalue weighted by Gasteiger charge is 2.28. The number of aliphatic hydroxyl groups is 1. The van der Waals surface area contributed by atoms with Gasteiger partial charge in [0.05, 0.1) is 37.9 Å². The predicted octanol–water partition coefficient (Wildman–Crippen LogP) is 11.0. The molecule has 13 N–H and O–H groups in total. The molecule has 2 saturated carbocycles. The predicted molar refractivity (Wildman–Crippen MR) is 375 cm³/mol. The molecule has 0 bridgehead atoms. The largest absolute Gasteiger partial charge is 0.497 e. The van der Waals surface area contributed by atoms with Gasteiger partial charge in [-0.1, -0.05) is 117 Å². The number of nitrogens with zero attached hydrogens (tertiary/aromatic N) is 9. The molecule has 12 rings (SSSR count). The minimum absolute atomic E-state index is 0.0141. The first-order valence-corrected chi connectivity index (χ1v) is 35.6. The van der Waals surface area contributed by atoms with E-state index in [2.05, 4.69) is 60.1 Å². The zero-order valence-electron chi connectivity index (χ0n) is 53.6. The molecule has 0 aliphatic heterocycles. The van der Waals surface area contributed by atoms with E-state index in [0.29, 0.717) is 34.1 Å². The number of anilines is 4. The summed E-state index contributed by atoms with van der Waals surface area (Å²) in [5, 5.41) is 41.7. The van der Waals surface area contributed by atoms with Crippen LogP contribution in [0.15, 0.2) is 236 Å². The summed E-state index contributed by atoms with van der Waals surface area (Å²) in [4.78, 5) is 38.2. The van der Waals surface area contributed by atoms with E-state index in [4.69, 9.17) is 26.7 Å². The Labute approximate surface area is 568 Å². The highest BCUT2D eigenvalue weighted by molar-refractivity contribution is 7.93. The lowest BCUT2D eigenvalue weighted by molar-refractivity contribution is 0.282. The second-order valence-electron chi connectivity index (χ2n) is 22.7. The van der Waals surface area contributed by atoms with Gasteiger partial charge in [-0.3, -0.25) is 34.4 Å². The van der Waals surface area contributed by atoms with E-state index < -0.39 is 46.7 Å². The zero-order valence-corrected chi connectivity index (χ0v) is 56.0. The number of ether oxygens (including phenoxy) is 2. The maximum atomic E-state index is 13.1. The number of azo groups is 3. The molecule has 30 nitrogen and oxygen atoms in total. The third-order valence-corrected chi connectivity index (χ3v) is 20.3. The van der Waals surface area contributed by atoms with Crippen molar-refractivity contribution in [1.82, 2.24) is 38.8 Å². The number of H-pyrrole nitrogens is 3. The summed E-state index contributed by atoms with van der Waals surface area (Å²) in [6.45, 7) is -0.240. The third-order valence-electron chi connectivity index (χ3n) is 15.8. The molecule has 2 fully saturated rings. The Hall–Kier alpha value is -11.1. The molecule has 0 amide bonds. The van der Waals surface area contributed by atoms with Gasteiger partial charge < -0.3 is 31.8 Å². The number of aliphatic hydroxyl groups excluding tert-OH is 1. The van der Waals surface area contributed by atoms with Gasteiger partial charge in [0.25, 0.3) is 10.0 Å². The Kier molecular flexibility index (Phi) is 22.7. The van der Waals surface area contributed by atoms with Gasteiger partial charge in [-0.2, -0.15) is 0 Å². The molecule has 7 aromatic carbocycles. The van der Waals surface area contributed by atoms with Crippen molar-refractivity contribution >= 4 is 87.3 Å². The maximum Gasteiger partial charge on any atom is 0.301 e. The molecule has 33 heteroatoms. The lowest BCUT2D eigenvalue weighted by Crippen LogP contribution is -2.36. The minimum atomic E-state index is -4.12. The van der Waals surface area contributed by atoms with E-state index in [1.165, 1.54) is 76.8 Å². The van der Waals surface area contributed by atoms with Crippen LogP contribution in [0.2, 0.25) is 0 Å². The number of nitrogens with two attached hydrogens (primary N) is 3. The summed E-state index contributed by atoms with van der Waals surface area (Å²) >= 11 is 0. The molecule has 2 aliphatic rings. The van der Waals surface area contributed by atoms with Crippen molar-refractivity contribution in [3.05, 3.63) is 213 Å². The molecule has 10 aromatic rings. The Morgan fingerprint density at radius 1 is 0.434 bits per heavy atom. The topological polar surface area (TPSA) is 443 Å². The van der Waals surface area contributed by atoms with Crippen molar-refractivity contribution in [1.29, 1.82) is 0 Å². The fraction of sp³-hybridized carbons (Fsp3) is 0.227. The molecule has 3 aromatic heterocycles. The van der Waals surface area contributed by atoms with Crippen molar-refractivity contribution in [2.24, 2.45) is 30.7 Å². The van der Waals surface area contributed by atoms with Gasteiger partial charge in [-0.05, 0) is 116 Å². The average molecular weight is 1410 g/mol. The molecule has 0 unspecified atom stereocenters. The van der Waals surface area contributed by atoms with Gasteiger partial charge in [0.1, 0.15) is 60.7 Å². The van der Waals surface area contributed by atoms with Crippen molar-refractivity contribution < 1.29 is 39.8 Å². The number of benzene rings is 7. The summed E-state index contributed by atoms with van der Waals surface area (Å²) in [5.41, 5.74) is 18.6. The first-order valence-electron chi connectivity index (χ1n) is 31.1. The molecule has 0 spiro atoms. The molecular formula is C66H72N18O12S3. The van der Waals surface area contributed by atoms with Crippen molar-refractivity contribution in [3.63, 3.8) is 0 Å². The number of aromatic amines is 3. The summed E-state index contributed by atoms with van der Waals surface area (Å²) < 4.78 is 101. The fourth-order valence-corrected chi connectivity index (χ4v) is 14.8. The SMILES string of the molecule is COc1ccc(S(=O)(=O)NC2CCCCC2)c(N=Nc2c(N)[nH]n(-c3ccccc3)c2=O)c1.COc1ccc(S(=O)(=O)Nc2cccc(CO)c2)c(N=Nc2c(N)[nH]n(-c3ccccc3)c2=O)c1.Nc1[nH]n(-c2ccccc2)c(=O)c1N=Nc1ccccc1S(=O)(=O)NC1CCCCC1. The van der Waals surface area contributed by atoms with Gasteiger partial charge in [0.15, 0.2) is 17.1 Å². The van der Waals surface area contributed by atoms with E-state index in [1.807, 2.05) is 12.1 Å². The summed E-state index contributed by atoms with van der Waals surface area (Å²) in [7, 11) is -8.87. The molecule has 0 radical (unpaired) electrons. The summed E-state index contributed by atoms with van der Waals surface area (Å²) in [6, 6.07) is 47.5. The van der Waals surface area contributed by atoms with Gasteiger partial charge in [-0.15, -0.1) is 30.7 Å². The van der Waals surface area contributed by atoms with Crippen LogP contribution < -0.4 is 57.5 Å². The Balaban J connectivity index is 0.000000161. The van der Waals surface area contributed by atoms with Gasteiger partial charge in [0.2, 0.25) is 20.0 Å². The monoisotopic (exact) mass is 1400 g/mol. The zero-order chi connectivity index (χ0) is 70.3. The molecule has 2 aliphatic carbocycles. The first kappa shape index (κ1) is 70.7. The molecule has 3 heterocycles. The number of hydrogen-bond acceptors (Lipinski definition) is 21. The number of hydrogen-bond donors (Lipinski definition) is 10. The van der Waals surface area contributed by atoms with Crippen LogP contribution in [-0.2, 0) is 36.7 Å². The minimum Gasteiger partial charge on any atom is -0.497 e. The number of sulfonamides is 3. The molecule has 99 heavy (non-hydrogen) atoms. The standard InChI is InChI=1S/C23H22N6O5S.C22H26N6O4S.C21H24N6O3S/c1-34-18-10-11-20(35(32,33)28-16-7-5-6-15(12-16)14-30)19(13-18)25-26-21-22(24)27-29(23(21)31)17-8-3-2-4-9-17;1-32-17-12-13-19(33(30,31)27-15-8-4-2-5-9-15)18(14-17)24-25-20-21(23)26-28(22(20)29)16-10-6-3-7-11-16;22-20-19(21(28)27(25-20)16-11-5-2-6-12-16)24-23-17-13-7-8-14-18(17)31(29,30)26-15-9-3-1-4-10-15/h2-13,27-28,30H,14,24H2,1H3;3,6-7,10-15,26-27H,2,4-5,8-9,23H2,1H3;2,5-8,11-15,25-26H,1,3-4,9-10,22H2. The lowest BCUT2D eigenvalue weighted by Gasteiger charge is -2.22. The molecule has 0 saturated heterocycles. The van der Waals surface area contributed by atoms with Crippen molar-refractivity contribution in [2.45, 2.75) is 97.6 Å². The van der Waals surface area contributed by atoms with E-state index in [0.717, 1.165) is 64.2 Å². The maximum absolute atomic E-state index is 13.1. The Morgan fingerprint density at radius 3 is 1.19 bits per heavy atom. The molecular weight excluding hydrogens is 1330 g/mol. The number of aromatic nitrogens is 6. The van der Waals surface area contributed by atoms with Crippen LogP contribution in [0, 0.1) is 0 Å². The van der Waals surface area contributed by atoms with Crippen LogP contribution in [0.25, 0.3) is 17.1 Å². The van der Waals surface area contributed by atoms with Crippen LogP contribution in [0.3, 0.4) is 0 Å². The van der Waals surface area contributed by atoms with E-state index in [1.54, 1.807) is 115 Å². The Bertz CT molecular complexity index is 5100. The average Bonchev–Trinajstić information content (AvgIpc) is 1.77. The lowest BCUT2D eigenvalue weighted by atomic mass is 9.96. The number of methoxy groups -OCH3 is 2. The molecule has 0 atom stereocenters. The normalized spacial score (nSPS) is 14.0. The number of rotatable bonds is 21.